The van der Waals surface area contributed by atoms with Crippen molar-refractivity contribution in [1.29, 1.82) is 0 Å². The molecule has 0 aromatic rings. The van der Waals surface area contributed by atoms with Gasteiger partial charge in [0.1, 0.15) is 5.60 Å². The van der Waals surface area contributed by atoms with E-state index in [2.05, 4.69) is 0 Å². The highest BCUT2D eigenvalue weighted by atomic mass is 35.5. The molecule has 2 nitrogen and oxygen atoms in total. The molecule has 1 fully saturated rings. The van der Waals surface area contributed by atoms with Gasteiger partial charge in [0.05, 0.1) is 5.38 Å². The maximum Gasteiger partial charge on any atom is 0.165 e. The molecule has 0 radical (unpaired) electrons. The lowest BCUT2D eigenvalue weighted by Crippen LogP contribution is -2.52. The van der Waals surface area contributed by atoms with Crippen LogP contribution in [0.3, 0.4) is 0 Å². The van der Waals surface area contributed by atoms with Crippen molar-refractivity contribution >= 4 is 29.0 Å². The van der Waals surface area contributed by atoms with Crippen molar-refractivity contribution in [3.8, 4) is 0 Å². The van der Waals surface area contributed by atoms with Crippen LogP contribution in [0.25, 0.3) is 0 Å². The summed E-state index contributed by atoms with van der Waals surface area (Å²) < 4.78 is 0. The van der Waals surface area contributed by atoms with E-state index in [4.69, 9.17) is 23.2 Å². The molecule has 1 saturated carbocycles. The van der Waals surface area contributed by atoms with Gasteiger partial charge in [-0.15, -0.1) is 23.2 Å². The molecule has 0 aromatic heterocycles. The smallest absolute Gasteiger partial charge is 0.165 e. The number of ketones is 1. The van der Waals surface area contributed by atoms with Crippen LogP contribution in [0.4, 0.5) is 0 Å². The summed E-state index contributed by atoms with van der Waals surface area (Å²) in [5.74, 6) is -0.165. The fourth-order valence-corrected chi connectivity index (χ4v) is 2.19. The zero-order valence-corrected chi connectivity index (χ0v) is 10.2. The Morgan fingerprint density at radius 2 is 2.07 bits per heavy atom. The summed E-state index contributed by atoms with van der Waals surface area (Å²) in [7, 11) is 0. The molecule has 1 aliphatic carbocycles. The Hall–Kier alpha value is 0.210. The third kappa shape index (κ3) is 2.23. The number of carbonyl (C=O) groups excluding carboxylic acids is 1. The highest BCUT2D eigenvalue weighted by molar-refractivity contribution is 6.25. The second-order valence-corrected chi connectivity index (χ2v) is 6.24. The zero-order chi connectivity index (χ0) is 11.1. The van der Waals surface area contributed by atoms with Gasteiger partial charge in [0, 0.05) is 11.3 Å². The van der Waals surface area contributed by atoms with Gasteiger partial charge in [-0.1, -0.05) is 0 Å². The summed E-state index contributed by atoms with van der Waals surface area (Å²) in [6.07, 6.45) is 0.892. The largest absolute Gasteiger partial charge is 0.381 e. The SMILES string of the molecule is CC(C)(Cl)[C@H]1CC(=O)[C@](C)(O)[C@@H](Cl)C1. The van der Waals surface area contributed by atoms with Gasteiger partial charge in [-0.3, -0.25) is 4.79 Å². The molecule has 0 heterocycles. The van der Waals surface area contributed by atoms with Gasteiger partial charge < -0.3 is 5.11 Å². The number of aliphatic hydroxyl groups is 1. The Morgan fingerprint density at radius 1 is 1.57 bits per heavy atom. The van der Waals surface area contributed by atoms with Crippen LogP contribution in [-0.4, -0.2) is 26.7 Å². The Morgan fingerprint density at radius 3 is 2.43 bits per heavy atom. The fraction of sp³-hybridized carbons (Fsp3) is 0.900. The number of hydrogen-bond acceptors (Lipinski definition) is 2. The molecule has 14 heavy (non-hydrogen) atoms. The van der Waals surface area contributed by atoms with E-state index in [-0.39, 0.29) is 11.7 Å². The summed E-state index contributed by atoms with van der Waals surface area (Å²) >= 11 is 12.1. The molecule has 0 aromatic carbocycles. The quantitative estimate of drug-likeness (QED) is 0.713. The summed E-state index contributed by atoms with van der Waals surface area (Å²) in [6.45, 7) is 5.22. The maximum absolute atomic E-state index is 11.6. The summed E-state index contributed by atoms with van der Waals surface area (Å²) in [6, 6.07) is 0. The topological polar surface area (TPSA) is 37.3 Å². The predicted octanol–water partition coefficient (Wildman–Crippen LogP) is 2.34. The van der Waals surface area contributed by atoms with Crippen LogP contribution in [-0.2, 0) is 4.79 Å². The molecule has 0 unspecified atom stereocenters. The van der Waals surface area contributed by atoms with E-state index in [1.54, 1.807) is 0 Å². The van der Waals surface area contributed by atoms with E-state index >= 15 is 0 Å². The summed E-state index contributed by atoms with van der Waals surface area (Å²) in [4.78, 5) is 11.1. The van der Waals surface area contributed by atoms with Crippen LogP contribution in [0.2, 0.25) is 0 Å². The van der Waals surface area contributed by atoms with E-state index in [0.29, 0.717) is 12.8 Å². The molecule has 3 atom stereocenters. The van der Waals surface area contributed by atoms with E-state index in [9.17, 15) is 9.90 Å². The van der Waals surface area contributed by atoms with Gasteiger partial charge in [0.15, 0.2) is 5.78 Å². The number of rotatable bonds is 1. The van der Waals surface area contributed by atoms with E-state index in [1.165, 1.54) is 6.92 Å². The molecule has 1 N–H and O–H groups in total. The lowest BCUT2D eigenvalue weighted by atomic mass is 9.74. The Bertz CT molecular complexity index is 243. The molecule has 4 heteroatoms. The minimum absolute atomic E-state index is 0.0411. The summed E-state index contributed by atoms with van der Waals surface area (Å²) in [5, 5.41) is 9.24. The van der Waals surface area contributed by atoms with Crippen molar-refractivity contribution in [3.63, 3.8) is 0 Å². The van der Waals surface area contributed by atoms with E-state index in [1.807, 2.05) is 13.8 Å². The van der Waals surface area contributed by atoms with E-state index < -0.39 is 15.9 Å². The molecule has 82 valence electrons. The van der Waals surface area contributed by atoms with Gasteiger partial charge >= 0.3 is 0 Å². The van der Waals surface area contributed by atoms with Gasteiger partial charge in [-0.25, -0.2) is 0 Å². The van der Waals surface area contributed by atoms with Gasteiger partial charge in [-0.05, 0) is 33.1 Å². The highest BCUT2D eigenvalue weighted by Crippen LogP contribution is 2.40. The molecule has 0 bridgehead atoms. The van der Waals surface area contributed by atoms with Crippen LogP contribution in [0.15, 0.2) is 0 Å². The van der Waals surface area contributed by atoms with Crippen molar-refractivity contribution < 1.29 is 9.90 Å². The number of carbonyl (C=O) groups is 1. The lowest BCUT2D eigenvalue weighted by Gasteiger charge is -2.40. The van der Waals surface area contributed by atoms with Crippen LogP contribution in [0.5, 0.6) is 0 Å². The Kier molecular flexibility index (Phi) is 3.21. The van der Waals surface area contributed by atoms with Crippen LogP contribution < -0.4 is 0 Å². The number of hydrogen-bond donors (Lipinski definition) is 1. The van der Waals surface area contributed by atoms with Crippen molar-refractivity contribution in [2.45, 2.75) is 49.5 Å². The molecule has 0 aliphatic heterocycles. The highest BCUT2D eigenvalue weighted by Gasteiger charge is 2.47. The molecular weight excluding hydrogens is 223 g/mol. The van der Waals surface area contributed by atoms with Crippen LogP contribution in [0.1, 0.15) is 33.6 Å². The molecule has 1 rings (SSSR count). The lowest BCUT2D eigenvalue weighted by molar-refractivity contribution is -0.140. The Labute approximate surface area is 94.6 Å². The minimum Gasteiger partial charge on any atom is -0.381 e. The first-order valence-electron chi connectivity index (χ1n) is 4.74. The number of Topliss-reactive ketones (excluding diaryl/α,β-unsaturated/α-hetero) is 1. The average molecular weight is 239 g/mol. The molecular formula is C10H16Cl2O2. The fourth-order valence-electron chi connectivity index (χ4n) is 1.69. The zero-order valence-electron chi connectivity index (χ0n) is 8.68. The molecule has 1 aliphatic rings. The van der Waals surface area contributed by atoms with Crippen molar-refractivity contribution in [1.82, 2.24) is 0 Å². The van der Waals surface area contributed by atoms with Crippen molar-refractivity contribution in [2.24, 2.45) is 5.92 Å². The molecule has 0 spiro atoms. The monoisotopic (exact) mass is 238 g/mol. The first kappa shape index (κ1) is 12.3. The first-order chi connectivity index (χ1) is 6.15. The average Bonchev–Trinajstić information content (AvgIpc) is 1.98. The minimum atomic E-state index is -1.39. The predicted molar refractivity (Wildman–Crippen MR) is 57.9 cm³/mol. The molecule has 0 saturated heterocycles. The van der Waals surface area contributed by atoms with Gasteiger partial charge in [0.25, 0.3) is 0 Å². The number of alkyl halides is 2. The first-order valence-corrected chi connectivity index (χ1v) is 5.55. The van der Waals surface area contributed by atoms with Crippen LogP contribution in [0, 0.1) is 5.92 Å². The van der Waals surface area contributed by atoms with Crippen molar-refractivity contribution in [3.05, 3.63) is 0 Å². The number of halogens is 2. The maximum atomic E-state index is 11.6. The summed E-state index contributed by atoms with van der Waals surface area (Å²) in [5.41, 5.74) is -1.39. The second kappa shape index (κ2) is 3.66. The van der Waals surface area contributed by atoms with Crippen molar-refractivity contribution in [2.75, 3.05) is 0 Å². The van der Waals surface area contributed by atoms with Gasteiger partial charge in [0.2, 0.25) is 0 Å². The standard InChI is InChI=1S/C10H16Cl2O2/c1-9(2,12)6-4-7(11)10(3,14)8(13)5-6/h6-7,14H,4-5H2,1-3H3/t6-,7+,10-/m1/s1. The normalized spacial score (nSPS) is 40.0. The Balaban J connectivity index is 2.81. The third-order valence-corrected chi connectivity index (χ3v) is 3.98. The third-order valence-electron chi connectivity index (χ3n) is 3.07. The van der Waals surface area contributed by atoms with Gasteiger partial charge in [-0.2, -0.15) is 0 Å². The van der Waals surface area contributed by atoms with Crippen LogP contribution >= 0.6 is 23.2 Å². The van der Waals surface area contributed by atoms with E-state index in [0.717, 1.165) is 0 Å². The molecule has 0 amide bonds. The second-order valence-electron chi connectivity index (χ2n) is 4.74.